The summed E-state index contributed by atoms with van der Waals surface area (Å²) in [6, 6.07) is 26.4. The number of H-pyrrole nitrogens is 1. The Kier molecular flexibility index (Phi) is 6.34. The number of carbonyl (C=O) groups excluding carboxylic acids is 1. The second-order valence-electron chi connectivity index (χ2n) is 8.38. The lowest BCUT2D eigenvalue weighted by atomic mass is 10.1. The van der Waals surface area contributed by atoms with E-state index < -0.39 is 0 Å². The topological polar surface area (TPSA) is 84.3 Å². The molecule has 0 fully saturated rings. The number of imidazole rings is 1. The van der Waals surface area contributed by atoms with Gasteiger partial charge in [0.2, 0.25) is 0 Å². The van der Waals surface area contributed by atoms with Crippen molar-refractivity contribution in [3.63, 3.8) is 0 Å². The lowest BCUT2D eigenvalue weighted by Gasteiger charge is -2.07. The first-order valence-corrected chi connectivity index (χ1v) is 11.5. The van der Waals surface area contributed by atoms with Crippen LogP contribution in [0.25, 0.3) is 33.8 Å². The third kappa shape index (κ3) is 4.62. The highest BCUT2D eigenvalue weighted by Gasteiger charge is 2.10. The fourth-order valence-corrected chi connectivity index (χ4v) is 4.16. The molecule has 0 aliphatic carbocycles. The third-order valence-corrected chi connectivity index (χ3v) is 6.10. The van der Waals surface area contributed by atoms with Crippen LogP contribution in [0.15, 0.2) is 102 Å². The van der Waals surface area contributed by atoms with E-state index in [1.54, 1.807) is 48.7 Å². The van der Waals surface area contributed by atoms with Gasteiger partial charge in [-0.2, -0.15) is 0 Å². The average Bonchev–Trinajstić information content (AvgIpc) is 3.32. The fraction of sp³-hybridized carbons (Fsp3) is 0.0667. The van der Waals surface area contributed by atoms with Crippen LogP contribution in [0.1, 0.15) is 21.5 Å². The van der Waals surface area contributed by atoms with Gasteiger partial charge in [0.15, 0.2) is 5.78 Å². The monoisotopic (exact) mass is 476 g/mol. The molecule has 0 saturated carbocycles. The van der Waals surface area contributed by atoms with Gasteiger partial charge in [-0.15, -0.1) is 0 Å². The van der Waals surface area contributed by atoms with E-state index >= 15 is 0 Å². The van der Waals surface area contributed by atoms with Gasteiger partial charge in [-0.3, -0.25) is 9.36 Å². The SMILES string of the molecule is COc1cc(/C=C/C(=O)c2cccc(-n3cc(-c4ccc5ccccc5c4)[nH]c3=O)c2)ccc1CO. The number of ether oxygens (including phenoxy) is 1. The number of carbonyl (C=O) groups is 1. The Bertz CT molecular complexity index is 1660. The molecule has 6 heteroatoms. The molecule has 0 unspecified atom stereocenters. The number of hydrogen-bond acceptors (Lipinski definition) is 4. The summed E-state index contributed by atoms with van der Waals surface area (Å²) in [4.78, 5) is 28.5. The second kappa shape index (κ2) is 9.90. The zero-order valence-electron chi connectivity index (χ0n) is 19.6. The molecule has 0 amide bonds. The van der Waals surface area contributed by atoms with Gasteiger partial charge in [-0.1, -0.05) is 66.7 Å². The van der Waals surface area contributed by atoms with Crippen LogP contribution in [0.2, 0.25) is 0 Å². The van der Waals surface area contributed by atoms with Crippen molar-refractivity contribution in [1.82, 2.24) is 9.55 Å². The maximum absolute atomic E-state index is 12.9. The van der Waals surface area contributed by atoms with Crippen LogP contribution in [0.3, 0.4) is 0 Å². The summed E-state index contributed by atoms with van der Waals surface area (Å²) >= 11 is 0. The number of nitrogens with one attached hydrogen (secondary N) is 1. The molecule has 1 heterocycles. The molecule has 0 aliphatic heterocycles. The molecule has 2 N–H and O–H groups in total. The lowest BCUT2D eigenvalue weighted by Crippen LogP contribution is -2.14. The zero-order valence-corrected chi connectivity index (χ0v) is 19.6. The lowest BCUT2D eigenvalue weighted by molar-refractivity contribution is 0.104. The van der Waals surface area contributed by atoms with Crippen LogP contribution in [-0.2, 0) is 6.61 Å². The largest absolute Gasteiger partial charge is 0.496 e. The van der Waals surface area contributed by atoms with Crippen molar-refractivity contribution in [2.24, 2.45) is 0 Å². The molecule has 4 aromatic carbocycles. The van der Waals surface area contributed by atoms with E-state index in [0.717, 1.165) is 21.9 Å². The minimum absolute atomic E-state index is 0.125. The normalized spacial score (nSPS) is 11.3. The minimum Gasteiger partial charge on any atom is -0.496 e. The molecule has 0 atom stereocenters. The number of aliphatic hydroxyl groups excluding tert-OH is 1. The van der Waals surface area contributed by atoms with Crippen LogP contribution in [0, 0.1) is 0 Å². The van der Waals surface area contributed by atoms with E-state index in [1.165, 1.54) is 17.8 Å². The number of allylic oxidation sites excluding steroid dienone is 1. The van der Waals surface area contributed by atoms with E-state index in [0.29, 0.717) is 28.3 Å². The van der Waals surface area contributed by atoms with Gasteiger partial charge >= 0.3 is 5.69 Å². The molecule has 5 aromatic rings. The number of fused-ring (bicyclic) bond motifs is 1. The molecule has 0 aliphatic rings. The van der Waals surface area contributed by atoms with Gasteiger partial charge in [-0.25, -0.2) is 4.79 Å². The highest BCUT2D eigenvalue weighted by atomic mass is 16.5. The summed E-state index contributed by atoms with van der Waals surface area (Å²) in [6.07, 6.45) is 4.92. The molecule has 178 valence electrons. The number of nitrogens with zero attached hydrogens (tertiary/aromatic N) is 1. The molecular formula is C30H24N2O4. The first-order valence-electron chi connectivity index (χ1n) is 11.5. The van der Waals surface area contributed by atoms with Crippen molar-refractivity contribution in [1.29, 1.82) is 0 Å². The number of rotatable bonds is 7. The van der Waals surface area contributed by atoms with Crippen molar-refractivity contribution < 1.29 is 14.6 Å². The summed E-state index contributed by atoms with van der Waals surface area (Å²) in [5.41, 5.74) is 3.82. The summed E-state index contributed by atoms with van der Waals surface area (Å²) in [5, 5.41) is 11.6. The molecule has 36 heavy (non-hydrogen) atoms. The standard InChI is InChI=1S/C30H24N2O4/c1-36-29-15-20(9-11-25(29)19-33)10-14-28(34)24-7-4-8-26(17-24)32-18-27(31-30(32)35)23-13-12-21-5-2-3-6-22(21)16-23/h2-18,33H,19H2,1H3,(H,31,35)/b14-10+. The second-order valence-corrected chi connectivity index (χ2v) is 8.38. The molecule has 5 rings (SSSR count). The molecule has 0 saturated heterocycles. The van der Waals surface area contributed by atoms with Gasteiger partial charge in [0.25, 0.3) is 0 Å². The van der Waals surface area contributed by atoms with Crippen molar-refractivity contribution in [2.45, 2.75) is 6.61 Å². The molecule has 0 spiro atoms. The Morgan fingerprint density at radius 3 is 2.61 bits per heavy atom. The number of methoxy groups -OCH3 is 1. The maximum atomic E-state index is 12.9. The Morgan fingerprint density at radius 2 is 1.81 bits per heavy atom. The molecule has 0 bridgehead atoms. The van der Waals surface area contributed by atoms with E-state index in [4.69, 9.17) is 4.74 Å². The average molecular weight is 477 g/mol. The first-order chi connectivity index (χ1) is 17.6. The fourth-order valence-electron chi connectivity index (χ4n) is 4.16. The van der Waals surface area contributed by atoms with Crippen molar-refractivity contribution in [3.05, 3.63) is 124 Å². The maximum Gasteiger partial charge on any atom is 0.330 e. The van der Waals surface area contributed by atoms with Crippen LogP contribution in [0.4, 0.5) is 0 Å². The highest BCUT2D eigenvalue weighted by molar-refractivity contribution is 6.07. The highest BCUT2D eigenvalue weighted by Crippen LogP contribution is 2.24. The number of aromatic nitrogens is 2. The van der Waals surface area contributed by atoms with E-state index in [2.05, 4.69) is 4.98 Å². The van der Waals surface area contributed by atoms with Crippen LogP contribution >= 0.6 is 0 Å². The van der Waals surface area contributed by atoms with Gasteiger partial charge in [-0.05, 0) is 46.7 Å². The molecule has 0 radical (unpaired) electrons. The predicted octanol–water partition coefficient (Wildman–Crippen LogP) is 5.38. The van der Waals surface area contributed by atoms with Crippen molar-refractivity contribution in [3.8, 4) is 22.7 Å². The van der Waals surface area contributed by atoms with Gasteiger partial charge in [0, 0.05) is 22.9 Å². The van der Waals surface area contributed by atoms with E-state index in [1.807, 2.05) is 48.5 Å². The minimum atomic E-state index is -0.283. The van der Waals surface area contributed by atoms with Gasteiger partial charge in [0.05, 0.1) is 25.1 Å². The van der Waals surface area contributed by atoms with Crippen LogP contribution in [0.5, 0.6) is 5.75 Å². The Hall–Kier alpha value is -4.68. The van der Waals surface area contributed by atoms with E-state index in [9.17, 15) is 14.7 Å². The number of ketones is 1. The molecule has 6 nitrogen and oxygen atoms in total. The Balaban J connectivity index is 1.41. The third-order valence-electron chi connectivity index (χ3n) is 6.10. The Morgan fingerprint density at radius 1 is 0.972 bits per heavy atom. The number of aliphatic hydroxyl groups is 1. The van der Waals surface area contributed by atoms with Gasteiger partial charge in [0.1, 0.15) is 5.75 Å². The van der Waals surface area contributed by atoms with Crippen LogP contribution in [-0.4, -0.2) is 27.6 Å². The number of hydrogen-bond donors (Lipinski definition) is 2. The van der Waals surface area contributed by atoms with Crippen molar-refractivity contribution in [2.75, 3.05) is 7.11 Å². The smallest absolute Gasteiger partial charge is 0.330 e. The van der Waals surface area contributed by atoms with E-state index in [-0.39, 0.29) is 18.1 Å². The predicted molar refractivity (Wildman–Crippen MR) is 142 cm³/mol. The summed E-state index contributed by atoms with van der Waals surface area (Å²) < 4.78 is 6.79. The Labute approximate surface area is 207 Å². The first kappa shape index (κ1) is 23.1. The van der Waals surface area contributed by atoms with Crippen LogP contribution < -0.4 is 10.4 Å². The number of benzene rings is 4. The summed E-state index contributed by atoms with van der Waals surface area (Å²) in [5.74, 6) is 0.364. The molecule has 1 aromatic heterocycles. The summed E-state index contributed by atoms with van der Waals surface area (Å²) in [7, 11) is 1.53. The molecular weight excluding hydrogens is 452 g/mol. The summed E-state index contributed by atoms with van der Waals surface area (Å²) in [6.45, 7) is -0.125. The number of aromatic amines is 1. The van der Waals surface area contributed by atoms with Gasteiger partial charge < -0.3 is 14.8 Å². The zero-order chi connectivity index (χ0) is 25.1. The van der Waals surface area contributed by atoms with Crippen molar-refractivity contribution >= 4 is 22.6 Å². The quantitative estimate of drug-likeness (QED) is 0.244.